The molecule has 0 aromatic heterocycles. The molecule has 0 amide bonds. The zero-order valence-electron chi connectivity index (χ0n) is 16.6. The van der Waals surface area contributed by atoms with Crippen LogP contribution < -0.4 is 0 Å². The summed E-state index contributed by atoms with van der Waals surface area (Å²) in [5.74, 6) is 0. The largest absolute Gasteiger partial charge is 0.417 e. The summed E-state index contributed by atoms with van der Waals surface area (Å²) >= 11 is 0. The average Bonchev–Trinajstić information content (AvgIpc) is 2.63. The van der Waals surface area contributed by atoms with Crippen LogP contribution in [0.4, 0.5) is 13.2 Å². The molecule has 0 radical (unpaired) electrons. The third kappa shape index (κ3) is 3.85. The second-order valence-corrected chi connectivity index (χ2v) is 8.82. The standard InChI is InChI=1S/C24H24F3N/c1-22(2)11-12-23(3,4)21-14-17(7-10-19(21)22)13-20(24(25,26)27)18-8-5-16(15-28)6-9-18/h5-10,13-14H,11-12H2,1-4H3/b20-13+. The van der Waals surface area contributed by atoms with Crippen molar-refractivity contribution in [2.75, 3.05) is 0 Å². The van der Waals surface area contributed by atoms with Crippen LogP contribution in [0, 0.1) is 11.3 Å². The monoisotopic (exact) mass is 383 g/mol. The fraction of sp³-hybridized carbons (Fsp3) is 0.375. The van der Waals surface area contributed by atoms with Crippen LogP contribution in [-0.4, -0.2) is 6.18 Å². The molecular weight excluding hydrogens is 359 g/mol. The van der Waals surface area contributed by atoms with Crippen LogP contribution >= 0.6 is 0 Å². The van der Waals surface area contributed by atoms with Crippen LogP contribution in [0.15, 0.2) is 42.5 Å². The molecule has 2 aromatic carbocycles. The molecule has 0 fully saturated rings. The molecule has 146 valence electrons. The highest BCUT2D eigenvalue weighted by Crippen LogP contribution is 2.46. The van der Waals surface area contributed by atoms with E-state index in [0.717, 1.165) is 18.4 Å². The van der Waals surface area contributed by atoms with Gasteiger partial charge >= 0.3 is 6.18 Å². The van der Waals surface area contributed by atoms with Crippen LogP contribution in [0.5, 0.6) is 0 Å². The van der Waals surface area contributed by atoms with Crippen LogP contribution in [0.1, 0.15) is 68.4 Å². The van der Waals surface area contributed by atoms with E-state index in [4.69, 9.17) is 5.26 Å². The molecule has 0 heterocycles. The van der Waals surface area contributed by atoms with Gasteiger partial charge < -0.3 is 0 Å². The van der Waals surface area contributed by atoms with E-state index >= 15 is 0 Å². The van der Waals surface area contributed by atoms with Crippen molar-refractivity contribution in [3.05, 3.63) is 70.3 Å². The fourth-order valence-corrected chi connectivity index (χ4v) is 3.92. The Morgan fingerprint density at radius 1 is 0.929 bits per heavy atom. The van der Waals surface area contributed by atoms with Gasteiger partial charge in [-0.05, 0) is 64.1 Å². The van der Waals surface area contributed by atoms with Crippen LogP contribution in [0.3, 0.4) is 0 Å². The van der Waals surface area contributed by atoms with E-state index < -0.39 is 11.7 Å². The molecule has 0 N–H and O–H groups in total. The smallest absolute Gasteiger partial charge is 0.192 e. The van der Waals surface area contributed by atoms with E-state index in [1.807, 2.05) is 18.2 Å². The first-order valence-electron chi connectivity index (χ1n) is 9.38. The molecule has 0 spiro atoms. The number of benzene rings is 2. The van der Waals surface area contributed by atoms with E-state index in [1.165, 1.54) is 35.9 Å². The molecule has 0 bridgehead atoms. The van der Waals surface area contributed by atoms with Gasteiger partial charge in [-0.2, -0.15) is 18.4 Å². The van der Waals surface area contributed by atoms with Crippen molar-refractivity contribution in [2.24, 2.45) is 0 Å². The van der Waals surface area contributed by atoms with E-state index in [2.05, 4.69) is 27.7 Å². The molecule has 1 aliphatic rings. The molecule has 3 rings (SSSR count). The van der Waals surface area contributed by atoms with Crippen LogP contribution in [0.2, 0.25) is 0 Å². The SMILES string of the molecule is CC1(C)CCC(C)(C)c2cc(/C=C(\c3ccc(C#N)cc3)C(F)(F)F)ccc21. The summed E-state index contributed by atoms with van der Waals surface area (Å²) in [6.07, 6.45) is -1.22. The Labute approximate surface area is 164 Å². The highest BCUT2D eigenvalue weighted by Gasteiger charge is 2.38. The number of alkyl halides is 3. The quantitative estimate of drug-likeness (QED) is 0.512. The van der Waals surface area contributed by atoms with Gasteiger partial charge in [0.25, 0.3) is 0 Å². The van der Waals surface area contributed by atoms with Gasteiger partial charge in [0, 0.05) is 0 Å². The summed E-state index contributed by atoms with van der Waals surface area (Å²) in [6.45, 7) is 8.68. The maximum atomic E-state index is 13.8. The second kappa shape index (κ2) is 6.81. The van der Waals surface area contributed by atoms with E-state index in [0.29, 0.717) is 11.1 Å². The first kappa shape index (κ1) is 20.2. The third-order valence-corrected chi connectivity index (χ3v) is 5.82. The van der Waals surface area contributed by atoms with Gasteiger partial charge in [-0.25, -0.2) is 0 Å². The van der Waals surface area contributed by atoms with Crippen molar-refractivity contribution in [3.8, 4) is 6.07 Å². The molecule has 0 atom stereocenters. The summed E-state index contributed by atoms with van der Waals surface area (Å²) < 4.78 is 41.3. The first-order valence-corrected chi connectivity index (χ1v) is 9.38. The van der Waals surface area contributed by atoms with Crippen molar-refractivity contribution < 1.29 is 13.2 Å². The van der Waals surface area contributed by atoms with Gasteiger partial charge in [0.05, 0.1) is 17.2 Å². The first-order chi connectivity index (χ1) is 12.9. The number of nitrogens with zero attached hydrogens (tertiary/aromatic N) is 1. The van der Waals surface area contributed by atoms with Gasteiger partial charge in [-0.3, -0.25) is 0 Å². The summed E-state index contributed by atoms with van der Waals surface area (Å²) in [5, 5.41) is 8.88. The number of nitriles is 1. The Morgan fingerprint density at radius 3 is 2.04 bits per heavy atom. The molecule has 28 heavy (non-hydrogen) atoms. The lowest BCUT2D eigenvalue weighted by Crippen LogP contribution is -2.33. The zero-order chi connectivity index (χ0) is 20.7. The predicted octanol–water partition coefficient (Wildman–Crippen LogP) is 7.01. The highest BCUT2D eigenvalue weighted by molar-refractivity contribution is 5.84. The van der Waals surface area contributed by atoms with Gasteiger partial charge in [0.1, 0.15) is 0 Å². The lowest BCUT2D eigenvalue weighted by molar-refractivity contribution is -0.0683. The van der Waals surface area contributed by atoms with Crippen molar-refractivity contribution in [1.82, 2.24) is 0 Å². The second-order valence-electron chi connectivity index (χ2n) is 8.82. The molecule has 0 saturated heterocycles. The van der Waals surface area contributed by atoms with Gasteiger partial charge in [0.2, 0.25) is 0 Å². The maximum absolute atomic E-state index is 13.8. The van der Waals surface area contributed by atoms with Crippen LogP contribution in [0.25, 0.3) is 11.6 Å². The molecule has 0 saturated carbocycles. The van der Waals surface area contributed by atoms with E-state index in [9.17, 15) is 13.2 Å². The Bertz CT molecular complexity index is 955. The molecule has 4 heteroatoms. The van der Waals surface area contributed by atoms with E-state index in [1.54, 1.807) is 6.07 Å². The highest BCUT2D eigenvalue weighted by atomic mass is 19.4. The van der Waals surface area contributed by atoms with Crippen molar-refractivity contribution >= 4 is 11.6 Å². The number of hydrogen-bond acceptors (Lipinski definition) is 1. The van der Waals surface area contributed by atoms with Crippen LogP contribution in [-0.2, 0) is 10.8 Å². The van der Waals surface area contributed by atoms with Crippen molar-refractivity contribution in [3.63, 3.8) is 0 Å². The summed E-state index contributed by atoms with van der Waals surface area (Å²) in [4.78, 5) is 0. The minimum atomic E-state index is -4.49. The fourth-order valence-electron chi connectivity index (χ4n) is 3.92. The maximum Gasteiger partial charge on any atom is 0.417 e. The normalized spacial score (nSPS) is 18.3. The van der Waals surface area contributed by atoms with Gasteiger partial charge in [-0.15, -0.1) is 0 Å². The summed E-state index contributed by atoms with van der Waals surface area (Å²) in [6, 6.07) is 13.1. The Hall–Kier alpha value is -2.54. The zero-order valence-corrected chi connectivity index (χ0v) is 16.6. The minimum absolute atomic E-state index is 0.0209. The molecular formula is C24H24F3N. The number of fused-ring (bicyclic) bond motifs is 1. The minimum Gasteiger partial charge on any atom is -0.192 e. The number of halogens is 3. The van der Waals surface area contributed by atoms with Crippen molar-refractivity contribution in [2.45, 2.75) is 57.5 Å². The average molecular weight is 383 g/mol. The molecule has 0 aliphatic heterocycles. The third-order valence-electron chi connectivity index (χ3n) is 5.82. The van der Waals surface area contributed by atoms with E-state index in [-0.39, 0.29) is 16.4 Å². The Morgan fingerprint density at radius 2 is 1.50 bits per heavy atom. The Kier molecular flexibility index (Phi) is 4.91. The topological polar surface area (TPSA) is 23.8 Å². The number of allylic oxidation sites excluding steroid dienone is 1. The lowest BCUT2D eigenvalue weighted by Gasteiger charge is -2.42. The molecule has 1 aliphatic carbocycles. The Balaban J connectivity index is 2.12. The lowest BCUT2D eigenvalue weighted by atomic mass is 9.63. The summed E-state index contributed by atoms with van der Waals surface area (Å²) in [5.41, 5.74) is 2.53. The van der Waals surface area contributed by atoms with Gasteiger partial charge in [-0.1, -0.05) is 58.0 Å². The molecule has 0 unspecified atom stereocenters. The molecule has 1 nitrogen and oxygen atoms in total. The van der Waals surface area contributed by atoms with Crippen molar-refractivity contribution in [1.29, 1.82) is 5.26 Å². The van der Waals surface area contributed by atoms with Gasteiger partial charge in [0.15, 0.2) is 0 Å². The number of rotatable bonds is 2. The predicted molar refractivity (Wildman–Crippen MR) is 107 cm³/mol. The number of hydrogen-bond donors (Lipinski definition) is 0. The molecule has 2 aromatic rings. The summed E-state index contributed by atoms with van der Waals surface area (Å²) in [7, 11) is 0.